The number of aliphatic carboxylic acids is 1. The van der Waals surface area contributed by atoms with Crippen molar-refractivity contribution in [2.45, 2.75) is 19.8 Å². The zero-order valence-corrected chi connectivity index (χ0v) is 11.6. The van der Waals surface area contributed by atoms with E-state index in [1.807, 2.05) is 32.0 Å². The maximum absolute atomic E-state index is 10.9. The van der Waals surface area contributed by atoms with Gasteiger partial charge in [-0.25, -0.2) is 9.97 Å². The Balaban J connectivity index is 2.13. The zero-order chi connectivity index (χ0) is 14.0. The topological polar surface area (TPSA) is 69.6 Å². The van der Waals surface area contributed by atoms with Gasteiger partial charge in [0, 0.05) is 33.3 Å². The van der Waals surface area contributed by atoms with Crippen molar-refractivity contribution < 1.29 is 9.90 Å². The first kappa shape index (κ1) is 13.6. The van der Waals surface area contributed by atoms with Gasteiger partial charge in [-0.1, -0.05) is 0 Å². The number of hydrogen-bond donors (Lipinski definition) is 1. The number of carbonyl (C=O) groups is 1. The number of aromatic nitrogens is 2. The molecule has 0 amide bonds. The van der Waals surface area contributed by atoms with Crippen molar-refractivity contribution in [3.05, 3.63) is 11.9 Å². The molecule has 6 nitrogen and oxygen atoms in total. The molecule has 0 radical (unpaired) electrons. The molecular weight excluding hydrogens is 244 g/mol. The van der Waals surface area contributed by atoms with Crippen molar-refractivity contribution in [2.75, 3.05) is 37.0 Å². The van der Waals surface area contributed by atoms with E-state index in [2.05, 4.69) is 14.9 Å². The predicted molar refractivity (Wildman–Crippen MR) is 73.7 cm³/mol. The summed E-state index contributed by atoms with van der Waals surface area (Å²) in [5.41, 5.74) is 0. The highest BCUT2D eigenvalue weighted by molar-refractivity contribution is 5.70. The molecule has 1 aliphatic rings. The second-order valence-electron chi connectivity index (χ2n) is 5.13. The Hall–Kier alpha value is -1.85. The number of piperidine rings is 1. The first-order valence-electron chi connectivity index (χ1n) is 6.48. The van der Waals surface area contributed by atoms with Gasteiger partial charge in [0.2, 0.25) is 0 Å². The summed E-state index contributed by atoms with van der Waals surface area (Å²) in [5.74, 6) is 1.60. The van der Waals surface area contributed by atoms with Gasteiger partial charge in [0.1, 0.15) is 17.5 Å². The fraction of sp³-hybridized carbons (Fsp3) is 0.615. The lowest BCUT2D eigenvalue weighted by Gasteiger charge is -2.31. The highest BCUT2D eigenvalue weighted by atomic mass is 16.4. The van der Waals surface area contributed by atoms with Crippen LogP contribution in [0.1, 0.15) is 18.7 Å². The van der Waals surface area contributed by atoms with Gasteiger partial charge in [-0.15, -0.1) is 0 Å². The molecule has 1 aromatic rings. The maximum Gasteiger partial charge on any atom is 0.306 e. The summed E-state index contributed by atoms with van der Waals surface area (Å²) >= 11 is 0. The van der Waals surface area contributed by atoms with Crippen LogP contribution in [0, 0.1) is 12.8 Å². The fourth-order valence-electron chi connectivity index (χ4n) is 2.28. The van der Waals surface area contributed by atoms with E-state index >= 15 is 0 Å². The van der Waals surface area contributed by atoms with Gasteiger partial charge >= 0.3 is 5.97 Å². The second kappa shape index (κ2) is 5.42. The normalized spacial score (nSPS) is 16.5. The third-order valence-electron chi connectivity index (χ3n) is 3.44. The van der Waals surface area contributed by atoms with Crippen LogP contribution in [-0.4, -0.2) is 48.2 Å². The van der Waals surface area contributed by atoms with Gasteiger partial charge in [-0.3, -0.25) is 4.79 Å². The fourth-order valence-corrected chi connectivity index (χ4v) is 2.28. The molecule has 1 aromatic heterocycles. The number of rotatable bonds is 3. The van der Waals surface area contributed by atoms with E-state index < -0.39 is 5.97 Å². The smallest absolute Gasteiger partial charge is 0.306 e. The molecule has 2 heterocycles. The molecule has 1 N–H and O–H groups in total. The van der Waals surface area contributed by atoms with Crippen molar-refractivity contribution >= 4 is 17.6 Å². The Morgan fingerprint density at radius 3 is 2.53 bits per heavy atom. The highest BCUT2D eigenvalue weighted by Crippen LogP contribution is 2.24. The molecule has 104 valence electrons. The lowest BCUT2D eigenvalue weighted by molar-refractivity contribution is -0.142. The molecule has 2 rings (SSSR count). The van der Waals surface area contributed by atoms with Gasteiger partial charge in [0.15, 0.2) is 0 Å². The Morgan fingerprint density at radius 1 is 1.37 bits per heavy atom. The lowest BCUT2D eigenvalue weighted by Crippen LogP contribution is -2.37. The van der Waals surface area contributed by atoms with Crippen molar-refractivity contribution in [2.24, 2.45) is 5.92 Å². The highest BCUT2D eigenvalue weighted by Gasteiger charge is 2.25. The number of anilines is 2. The summed E-state index contributed by atoms with van der Waals surface area (Å²) < 4.78 is 0. The van der Waals surface area contributed by atoms with E-state index in [1.165, 1.54) is 0 Å². The molecule has 0 saturated carbocycles. The minimum Gasteiger partial charge on any atom is -0.481 e. The minimum absolute atomic E-state index is 0.215. The summed E-state index contributed by atoms with van der Waals surface area (Å²) in [4.78, 5) is 23.8. The Kier molecular flexibility index (Phi) is 3.87. The van der Waals surface area contributed by atoms with Crippen LogP contribution in [0.2, 0.25) is 0 Å². The molecule has 6 heteroatoms. The van der Waals surface area contributed by atoms with Crippen LogP contribution in [0.15, 0.2) is 6.07 Å². The Bertz CT molecular complexity index is 468. The van der Waals surface area contributed by atoms with Crippen molar-refractivity contribution in [1.29, 1.82) is 0 Å². The van der Waals surface area contributed by atoms with Crippen LogP contribution in [0.5, 0.6) is 0 Å². The third kappa shape index (κ3) is 3.13. The first-order chi connectivity index (χ1) is 8.97. The molecule has 0 aromatic carbocycles. The maximum atomic E-state index is 10.9. The Labute approximate surface area is 113 Å². The van der Waals surface area contributed by atoms with Crippen LogP contribution >= 0.6 is 0 Å². The van der Waals surface area contributed by atoms with Gasteiger partial charge < -0.3 is 14.9 Å². The molecule has 0 atom stereocenters. The molecule has 0 bridgehead atoms. The molecule has 0 unspecified atom stereocenters. The Morgan fingerprint density at radius 2 is 2.00 bits per heavy atom. The first-order valence-corrected chi connectivity index (χ1v) is 6.48. The second-order valence-corrected chi connectivity index (χ2v) is 5.13. The van der Waals surface area contributed by atoms with E-state index in [0.29, 0.717) is 12.8 Å². The molecule has 19 heavy (non-hydrogen) atoms. The third-order valence-corrected chi connectivity index (χ3v) is 3.44. The SMILES string of the molecule is Cc1nc(N(C)C)cc(N2CCC(C(=O)O)CC2)n1. The average molecular weight is 264 g/mol. The van der Waals surface area contributed by atoms with Crippen LogP contribution < -0.4 is 9.80 Å². The molecule has 0 spiro atoms. The van der Waals surface area contributed by atoms with E-state index in [4.69, 9.17) is 5.11 Å². The summed E-state index contributed by atoms with van der Waals surface area (Å²) in [6.45, 7) is 3.35. The van der Waals surface area contributed by atoms with Gasteiger partial charge in [0.05, 0.1) is 5.92 Å². The number of carboxylic acid groups (broad SMARTS) is 1. The standard InChI is InChI=1S/C13H20N4O2/c1-9-14-11(16(2)3)8-12(15-9)17-6-4-10(5-7-17)13(18)19/h8,10H,4-7H2,1-3H3,(H,18,19). The summed E-state index contributed by atoms with van der Waals surface area (Å²) in [6.07, 6.45) is 1.35. The van der Waals surface area contributed by atoms with Crippen LogP contribution in [0.4, 0.5) is 11.6 Å². The van der Waals surface area contributed by atoms with E-state index in [-0.39, 0.29) is 5.92 Å². The largest absolute Gasteiger partial charge is 0.481 e. The van der Waals surface area contributed by atoms with Crippen molar-refractivity contribution in [3.8, 4) is 0 Å². The van der Waals surface area contributed by atoms with Crippen molar-refractivity contribution in [1.82, 2.24) is 9.97 Å². The molecule has 1 saturated heterocycles. The summed E-state index contributed by atoms with van der Waals surface area (Å²) in [7, 11) is 3.89. The zero-order valence-electron chi connectivity index (χ0n) is 11.6. The number of hydrogen-bond acceptors (Lipinski definition) is 5. The quantitative estimate of drug-likeness (QED) is 0.883. The van der Waals surface area contributed by atoms with Gasteiger partial charge in [0.25, 0.3) is 0 Å². The monoisotopic (exact) mass is 264 g/mol. The molecule has 1 aliphatic heterocycles. The lowest BCUT2D eigenvalue weighted by atomic mass is 9.97. The van der Waals surface area contributed by atoms with Crippen molar-refractivity contribution in [3.63, 3.8) is 0 Å². The summed E-state index contributed by atoms with van der Waals surface area (Å²) in [5, 5.41) is 9.01. The van der Waals surface area contributed by atoms with E-state index in [1.54, 1.807) is 0 Å². The van der Waals surface area contributed by atoms with E-state index in [9.17, 15) is 4.79 Å². The van der Waals surface area contributed by atoms with Crippen LogP contribution in [0.3, 0.4) is 0 Å². The average Bonchev–Trinajstić information content (AvgIpc) is 2.38. The minimum atomic E-state index is -0.688. The van der Waals surface area contributed by atoms with E-state index in [0.717, 1.165) is 30.5 Å². The van der Waals surface area contributed by atoms with Gasteiger partial charge in [-0.2, -0.15) is 0 Å². The number of nitrogens with zero attached hydrogens (tertiary/aromatic N) is 4. The van der Waals surface area contributed by atoms with Crippen LogP contribution in [0.25, 0.3) is 0 Å². The van der Waals surface area contributed by atoms with Gasteiger partial charge in [-0.05, 0) is 19.8 Å². The number of aryl methyl sites for hydroxylation is 1. The van der Waals surface area contributed by atoms with Crippen LogP contribution in [-0.2, 0) is 4.79 Å². The number of carboxylic acids is 1. The molecule has 0 aliphatic carbocycles. The predicted octanol–water partition coefficient (Wildman–Crippen LogP) is 1.15. The molecule has 1 fully saturated rings. The summed E-state index contributed by atoms with van der Waals surface area (Å²) in [6, 6.07) is 1.95. The molecular formula is C13H20N4O2.